The number of carbonyl (C=O) groups is 1. The topological polar surface area (TPSA) is 66.9 Å². The fraction of sp³-hybridized carbons (Fsp3) is 0.429. The van der Waals surface area contributed by atoms with Crippen LogP contribution in [0.25, 0.3) is 0 Å². The average Bonchev–Trinajstić information content (AvgIpc) is 3.40. The lowest BCUT2D eigenvalue weighted by molar-refractivity contribution is -0.137. The number of ether oxygens (including phenoxy) is 2. The van der Waals surface area contributed by atoms with Crippen LogP contribution < -0.4 is 10.1 Å². The predicted molar refractivity (Wildman–Crippen MR) is 144 cm³/mol. The van der Waals surface area contributed by atoms with Crippen molar-refractivity contribution in [1.29, 1.82) is 0 Å². The summed E-state index contributed by atoms with van der Waals surface area (Å²) in [5.41, 5.74) is 1.21. The minimum Gasteiger partial charge on any atom is -0.497 e. The fourth-order valence-electron chi connectivity index (χ4n) is 4.36. The lowest BCUT2D eigenvalue weighted by Gasteiger charge is -2.26. The molecule has 7 nitrogen and oxygen atoms in total. The van der Waals surface area contributed by atoms with Gasteiger partial charge in [-0.3, -0.25) is 14.6 Å². The zero-order chi connectivity index (χ0) is 27.7. The first-order chi connectivity index (χ1) is 18.8. The van der Waals surface area contributed by atoms with Crippen molar-refractivity contribution >= 4 is 17.2 Å². The number of halogens is 3. The van der Waals surface area contributed by atoms with Crippen LogP contribution in [0.3, 0.4) is 0 Å². The first-order valence-electron chi connectivity index (χ1n) is 12.8. The van der Waals surface area contributed by atoms with Crippen molar-refractivity contribution in [3.8, 4) is 5.75 Å². The van der Waals surface area contributed by atoms with E-state index in [1.54, 1.807) is 18.6 Å². The standard InChI is InChI=1S/C28H33F3N4O3S/c1-37-24-8-6-21(7-9-24)17-35(18-22-4-2-5-23(16-22)28(29,30)31)19-26-33-25(20-39-26)27(36)32-10-3-11-34-12-14-38-15-13-34/h2,4-9,16,20H,3,10-15,17-19H2,1H3,(H,32,36). The van der Waals surface area contributed by atoms with Gasteiger partial charge in [0.25, 0.3) is 5.91 Å². The second-order valence-corrected chi connectivity index (χ2v) is 10.3. The van der Waals surface area contributed by atoms with Gasteiger partial charge in [0.15, 0.2) is 0 Å². The molecule has 2 heterocycles. The van der Waals surface area contributed by atoms with Gasteiger partial charge in [0.2, 0.25) is 0 Å². The molecular weight excluding hydrogens is 529 g/mol. The van der Waals surface area contributed by atoms with Crippen molar-refractivity contribution in [1.82, 2.24) is 20.1 Å². The Morgan fingerprint density at radius 1 is 1.10 bits per heavy atom. The van der Waals surface area contributed by atoms with Crippen LogP contribution in [0.1, 0.15) is 38.6 Å². The third-order valence-electron chi connectivity index (χ3n) is 6.41. The van der Waals surface area contributed by atoms with Crippen LogP contribution >= 0.6 is 11.3 Å². The molecule has 0 atom stereocenters. The zero-order valence-electron chi connectivity index (χ0n) is 21.9. The molecule has 0 bridgehead atoms. The molecule has 1 aliphatic heterocycles. The first-order valence-corrected chi connectivity index (χ1v) is 13.7. The number of morpholine rings is 1. The van der Waals surface area contributed by atoms with Gasteiger partial charge in [-0.05, 0) is 42.3 Å². The van der Waals surface area contributed by atoms with Gasteiger partial charge in [-0.15, -0.1) is 11.3 Å². The molecule has 1 saturated heterocycles. The summed E-state index contributed by atoms with van der Waals surface area (Å²) in [5.74, 6) is 0.503. The van der Waals surface area contributed by atoms with E-state index in [4.69, 9.17) is 9.47 Å². The molecule has 1 aliphatic rings. The second kappa shape index (κ2) is 13.9. The van der Waals surface area contributed by atoms with Gasteiger partial charge in [-0.2, -0.15) is 13.2 Å². The quantitative estimate of drug-likeness (QED) is 0.319. The summed E-state index contributed by atoms with van der Waals surface area (Å²) in [7, 11) is 1.59. The molecule has 0 saturated carbocycles. The SMILES string of the molecule is COc1ccc(CN(Cc2cccc(C(F)(F)F)c2)Cc2nc(C(=O)NCCCN3CCOCC3)cs2)cc1. The summed E-state index contributed by atoms with van der Waals surface area (Å²) < 4.78 is 50.4. The maximum atomic E-state index is 13.3. The molecule has 1 amide bonds. The highest BCUT2D eigenvalue weighted by Crippen LogP contribution is 2.30. The third kappa shape index (κ3) is 9.03. The number of hydrogen-bond donors (Lipinski definition) is 1. The minimum absolute atomic E-state index is 0.223. The number of carbonyl (C=O) groups excluding carboxylic acids is 1. The number of nitrogens with zero attached hydrogens (tertiary/aromatic N) is 3. The molecule has 0 aliphatic carbocycles. The van der Waals surface area contributed by atoms with Crippen LogP contribution in [0.15, 0.2) is 53.9 Å². The first kappa shape index (κ1) is 29.0. The Morgan fingerprint density at radius 2 is 1.85 bits per heavy atom. The van der Waals surface area contributed by atoms with E-state index in [0.29, 0.717) is 42.4 Å². The molecule has 2 aromatic carbocycles. The van der Waals surface area contributed by atoms with Crippen molar-refractivity contribution in [2.24, 2.45) is 0 Å². The lowest BCUT2D eigenvalue weighted by atomic mass is 10.1. The van der Waals surface area contributed by atoms with Crippen LogP contribution in [0.5, 0.6) is 5.75 Å². The average molecular weight is 563 g/mol. The number of methoxy groups -OCH3 is 1. The molecule has 1 aromatic heterocycles. The molecular formula is C28H33F3N4O3S. The van der Waals surface area contributed by atoms with Gasteiger partial charge >= 0.3 is 6.18 Å². The molecule has 210 valence electrons. The molecule has 11 heteroatoms. The van der Waals surface area contributed by atoms with E-state index in [2.05, 4.69) is 15.2 Å². The Bertz CT molecular complexity index is 1200. The van der Waals surface area contributed by atoms with E-state index in [0.717, 1.165) is 56.6 Å². The Hall–Kier alpha value is -2.99. The van der Waals surface area contributed by atoms with E-state index in [1.165, 1.54) is 23.5 Å². The van der Waals surface area contributed by atoms with Gasteiger partial charge in [0.1, 0.15) is 16.5 Å². The summed E-state index contributed by atoms with van der Waals surface area (Å²) >= 11 is 1.37. The minimum atomic E-state index is -4.41. The summed E-state index contributed by atoms with van der Waals surface area (Å²) in [6, 6.07) is 12.9. The number of rotatable bonds is 12. The molecule has 4 rings (SSSR count). The van der Waals surface area contributed by atoms with Crippen LogP contribution in [0.2, 0.25) is 0 Å². The Balaban J connectivity index is 1.38. The normalized spacial score (nSPS) is 14.5. The molecule has 0 radical (unpaired) electrons. The highest BCUT2D eigenvalue weighted by atomic mass is 32.1. The van der Waals surface area contributed by atoms with Crippen LogP contribution in [0, 0.1) is 0 Å². The second-order valence-electron chi connectivity index (χ2n) is 9.38. The Labute approximate surface area is 230 Å². The zero-order valence-corrected chi connectivity index (χ0v) is 22.7. The van der Waals surface area contributed by atoms with Crippen molar-refractivity contribution in [3.63, 3.8) is 0 Å². The van der Waals surface area contributed by atoms with Gasteiger partial charge in [-0.25, -0.2) is 4.98 Å². The van der Waals surface area contributed by atoms with E-state index in [9.17, 15) is 18.0 Å². The number of hydrogen-bond acceptors (Lipinski definition) is 7. The maximum Gasteiger partial charge on any atom is 0.416 e. The summed E-state index contributed by atoms with van der Waals surface area (Å²) in [4.78, 5) is 21.5. The van der Waals surface area contributed by atoms with Crippen molar-refractivity contribution in [3.05, 3.63) is 81.3 Å². The highest BCUT2D eigenvalue weighted by Gasteiger charge is 2.30. The maximum absolute atomic E-state index is 13.3. The highest BCUT2D eigenvalue weighted by molar-refractivity contribution is 7.09. The monoisotopic (exact) mass is 562 g/mol. The van der Waals surface area contributed by atoms with Crippen molar-refractivity contribution in [2.75, 3.05) is 46.5 Å². The number of thiazole rings is 1. The van der Waals surface area contributed by atoms with Crippen LogP contribution in [0.4, 0.5) is 13.2 Å². The fourth-order valence-corrected chi connectivity index (χ4v) is 5.18. The number of aromatic nitrogens is 1. The summed E-state index contributed by atoms with van der Waals surface area (Å²) in [6.07, 6.45) is -3.56. The van der Waals surface area contributed by atoms with E-state index in [1.807, 2.05) is 29.2 Å². The third-order valence-corrected chi connectivity index (χ3v) is 7.24. The number of amides is 1. The number of alkyl halides is 3. The summed E-state index contributed by atoms with van der Waals surface area (Å²) in [5, 5.41) is 5.37. The van der Waals surface area contributed by atoms with Crippen LogP contribution in [-0.2, 0) is 30.5 Å². The predicted octanol–water partition coefficient (Wildman–Crippen LogP) is 4.83. The van der Waals surface area contributed by atoms with Crippen LogP contribution in [-0.4, -0.2) is 67.2 Å². The number of nitrogens with one attached hydrogen (secondary N) is 1. The molecule has 0 unspecified atom stereocenters. The van der Waals surface area contributed by atoms with Crippen molar-refractivity contribution in [2.45, 2.75) is 32.2 Å². The van der Waals surface area contributed by atoms with Gasteiger partial charge in [-0.1, -0.05) is 30.3 Å². The molecule has 1 fully saturated rings. The largest absolute Gasteiger partial charge is 0.497 e. The van der Waals surface area contributed by atoms with E-state index >= 15 is 0 Å². The van der Waals surface area contributed by atoms with Gasteiger partial charge in [0.05, 0.1) is 32.4 Å². The Morgan fingerprint density at radius 3 is 2.56 bits per heavy atom. The van der Waals surface area contributed by atoms with Crippen molar-refractivity contribution < 1.29 is 27.4 Å². The smallest absolute Gasteiger partial charge is 0.416 e. The molecule has 1 N–H and O–H groups in total. The van der Waals surface area contributed by atoms with E-state index < -0.39 is 11.7 Å². The molecule has 3 aromatic rings. The molecule has 39 heavy (non-hydrogen) atoms. The summed E-state index contributed by atoms with van der Waals surface area (Å²) in [6.45, 7) is 5.95. The molecule has 0 spiro atoms. The van der Waals surface area contributed by atoms with E-state index in [-0.39, 0.29) is 5.91 Å². The lowest BCUT2D eigenvalue weighted by Crippen LogP contribution is -2.38. The van der Waals surface area contributed by atoms with Gasteiger partial charge in [0, 0.05) is 38.1 Å². The number of benzene rings is 2. The van der Waals surface area contributed by atoms with Gasteiger partial charge < -0.3 is 14.8 Å². The Kier molecular flexibility index (Phi) is 10.3.